The molecule has 0 amide bonds. The van der Waals surface area contributed by atoms with Gasteiger partial charge in [0, 0.05) is 4.88 Å². The topological polar surface area (TPSA) is 25.8 Å². The van der Waals surface area contributed by atoms with Gasteiger partial charge in [-0.3, -0.25) is 0 Å². The number of aryl methyl sites for hydroxylation is 2. The zero-order valence-corrected chi connectivity index (χ0v) is 13.6. The minimum atomic E-state index is -0.218. The highest BCUT2D eigenvalue weighted by Gasteiger charge is 2.20. The molecule has 0 N–H and O–H groups in total. The molecule has 0 saturated heterocycles. The molecule has 21 heavy (non-hydrogen) atoms. The summed E-state index contributed by atoms with van der Waals surface area (Å²) in [6.45, 7) is 0. The van der Waals surface area contributed by atoms with Crippen LogP contribution in [-0.2, 0) is 12.8 Å². The van der Waals surface area contributed by atoms with Crippen molar-refractivity contribution in [2.75, 3.05) is 0 Å². The monoisotopic (exact) mass is 332 g/mol. The fourth-order valence-electron chi connectivity index (χ4n) is 2.64. The highest BCUT2D eigenvalue weighted by atomic mass is 35.5. The molecule has 1 aromatic carbocycles. The second-order valence-electron chi connectivity index (χ2n) is 5.13. The first-order chi connectivity index (χ1) is 10.3. The molecule has 0 saturated carbocycles. The second kappa shape index (κ2) is 5.52. The van der Waals surface area contributed by atoms with E-state index in [0.717, 1.165) is 15.6 Å². The van der Waals surface area contributed by atoms with Gasteiger partial charge in [0.15, 0.2) is 5.01 Å². The zero-order chi connectivity index (χ0) is 14.2. The minimum Gasteiger partial charge on any atom is -0.141 e. The maximum Gasteiger partial charge on any atom is 0.157 e. The van der Waals surface area contributed by atoms with E-state index in [1.165, 1.54) is 34.6 Å². The summed E-state index contributed by atoms with van der Waals surface area (Å²) in [4.78, 5) is 2.76. The van der Waals surface area contributed by atoms with E-state index in [4.69, 9.17) is 11.6 Å². The first-order valence-corrected chi connectivity index (χ1v) is 9.02. The van der Waals surface area contributed by atoms with Gasteiger partial charge in [-0.1, -0.05) is 41.7 Å². The first kappa shape index (κ1) is 13.4. The Hall–Kier alpha value is -1.23. The standard InChI is InChI=1S/C16H13ClN2S2/c17-14(10-5-2-1-3-6-10)16-19-18-15(21-16)13-9-11-7-4-8-12(11)20-13/h1-3,5-6,9,14H,4,7-8H2. The summed E-state index contributed by atoms with van der Waals surface area (Å²) >= 11 is 9.98. The fourth-order valence-corrected chi connectivity index (χ4v) is 5.10. The Labute approximate surface area is 136 Å². The molecular formula is C16H13ClN2S2. The van der Waals surface area contributed by atoms with Crippen molar-refractivity contribution in [3.8, 4) is 9.88 Å². The summed E-state index contributed by atoms with van der Waals surface area (Å²) in [6.07, 6.45) is 3.72. The molecule has 5 heteroatoms. The van der Waals surface area contributed by atoms with Crippen LogP contribution in [0.15, 0.2) is 36.4 Å². The number of hydrogen-bond donors (Lipinski definition) is 0. The lowest BCUT2D eigenvalue weighted by molar-refractivity contribution is 0.915. The predicted molar refractivity (Wildman–Crippen MR) is 89.4 cm³/mol. The van der Waals surface area contributed by atoms with Crippen molar-refractivity contribution in [2.45, 2.75) is 24.6 Å². The van der Waals surface area contributed by atoms with Gasteiger partial charge < -0.3 is 0 Å². The fraction of sp³-hybridized carbons (Fsp3) is 0.250. The van der Waals surface area contributed by atoms with Gasteiger partial charge in [0.2, 0.25) is 0 Å². The summed E-state index contributed by atoms with van der Waals surface area (Å²) in [5.74, 6) is 0. The maximum absolute atomic E-state index is 6.52. The Morgan fingerprint density at radius 1 is 1.05 bits per heavy atom. The van der Waals surface area contributed by atoms with Crippen molar-refractivity contribution in [3.63, 3.8) is 0 Å². The Balaban J connectivity index is 1.63. The Kier molecular flexibility index (Phi) is 3.53. The van der Waals surface area contributed by atoms with E-state index < -0.39 is 0 Å². The van der Waals surface area contributed by atoms with Gasteiger partial charge in [0.1, 0.15) is 10.4 Å². The number of alkyl halides is 1. The number of thiophene rings is 1. The minimum absolute atomic E-state index is 0.218. The van der Waals surface area contributed by atoms with Crippen LogP contribution in [0.25, 0.3) is 9.88 Å². The van der Waals surface area contributed by atoms with Gasteiger partial charge >= 0.3 is 0 Å². The summed E-state index contributed by atoms with van der Waals surface area (Å²) in [7, 11) is 0. The van der Waals surface area contributed by atoms with Gasteiger partial charge in [0.25, 0.3) is 0 Å². The number of hydrogen-bond acceptors (Lipinski definition) is 4. The summed E-state index contributed by atoms with van der Waals surface area (Å²) in [5.41, 5.74) is 2.56. The van der Waals surface area contributed by atoms with E-state index in [0.29, 0.717) is 0 Å². The van der Waals surface area contributed by atoms with E-state index in [1.807, 2.05) is 41.7 Å². The van der Waals surface area contributed by atoms with Crippen LogP contribution in [0.5, 0.6) is 0 Å². The smallest absolute Gasteiger partial charge is 0.141 e. The molecule has 0 radical (unpaired) electrons. The van der Waals surface area contributed by atoms with Crippen LogP contribution >= 0.6 is 34.3 Å². The number of halogens is 1. The van der Waals surface area contributed by atoms with Crippen LogP contribution in [0.4, 0.5) is 0 Å². The van der Waals surface area contributed by atoms with Crippen LogP contribution in [-0.4, -0.2) is 10.2 Å². The second-order valence-corrected chi connectivity index (χ2v) is 7.71. The number of rotatable bonds is 3. The molecule has 0 fully saturated rings. The Morgan fingerprint density at radius 2 is 1.90 bits per heavy atom. The molecular weight excluding hydrogens is 320 g/mol. The predicted octanol–water partition coefficient (Wildman–Crippen LogP) is 5.08. The van der Waals surface area contributed by atoms with Crippen LogP contribution < -0.4 is 0 Å². The average molecular weight is 333 g/mol. The van der Waals surface area contributed by atoms with Crippen LogP contribution in [0, 0.1) is 0 Å². The zero-order valence-electron chi connectivity index (χ0n) is 11.3. The lowest BCUT2D eigenvalue weighted by Gasteiger charge is -2.04. The number of benzene rings is 1. The maximum atomic E-state index is 6.52. The molecule has 3 aromatic rings. The van der Waals surface area contributed by atoms with Crippen molar-refractivity contribution >= 4 is 34.3 Å². The van der Waals surface area contributed by atoms with Gasteiger partial charge in [-0.2, -0.15) is 0 Å². The lowest BCUT2D eigenvalue weighted by atomic mass is 10.1. The molecule has 106 valence electrons. The largest absolute Gasteiger partial charge is 0.157 e. The van der Waals surface area contributed by atoms with Crippen molar-refractivity contribution in [1.29, 1.82) is 0 Å². The van der Waals surface area contributed by atoms with Crippen molar-refractivity contribution < 1.29 is 0 Å². The van der Waals surface area contributed by atoms with Crippen LogP contribution in [0.3, 0.4) is 0 Å². The molecule has 0 aliphatic heterocycles. The Bertz CT molecular complexity index is 742. The van der Waals surface area contributed by atoms with Gasteiger partial charge in [0.05, 0.1) is 4.88 Å². The van der Waals surface area contributed by atoms with Gasteiger partial charge in [-0.15, -0.1) is 33.1 Å². The third-order valence-electron chi connectivity index (χ3n) is 3.71. The third-order valence-corrected chi connectivity index (χ3v) is 6.69. The normalized spacial score (nSPS) is 15.1. The van der Waals surface area contributed by atoms with Crippen LogP contribution in [0.1, 0.15) is 32.8 Å². The van der Waals surface area contributed by atoms with Gasteiger partial charge in [-0.05, 0) is 36.5 Å². The molecule has 2 aromatic heterocycles. The summed E-state index contributed by atoms with van der Waals surface area (Å²) in [6, 6.07) is 12.3. The highest BCUT2D eigenvalue weighted by molar-refractivity contribution is 7.21. The summed E-state index contributed by atoms with van der Waals surface area (Å²) in [5, 5.41) is 10.3. The summed E-state index contributed by atoms with van der Waals surface area (Å²) < 4.78 is 0. The van der Waals surface area contributed by atoms with E-state index in [-0.39, 0.29) is 5.38 Å². The van der Waals surface area contributed by atoms with Gasteiger partial charge in [-0.25, -0.2) is 0 Å². The molecule has 0 spiro atoms. The first-order valence-electron chi connectivity index (χ1n) is 6.95. The van der Waals surface area contributed by atoms with E-state index >= 15 is 0 Å². The average Bonchev–Trinajstić information content (AvgIpc) is 3.22. The molecule has 2 heterocycles. The molecule has 4 rings (SSSR count). The lowest BCUT2D eigenvalue weighted by Crippen LogP contribution is -1.91. The van der Waals surface area contributed by atoms with E-state index in [2.05, 4.69) is 16.3 Å². The van der Waals surface area contributed by atoms with E-state index in [9.17, 15) is 0 Å². The van der Waals surface area contributed by atoms with E-state index in [1.54, 1.807) is 11.3 Å². The SMILES string of the molecule is ClC(c1ccccc1)c1nnc(-c2cc3c(s2)CCC3)s1. The molecule has 0 bridgehead atoms. The molecule has 1 unspecified atom stereocenters. The number of nitrogens with zero attached hydrogens (tertiary/aromatic N) is 2. The van der Waals surface area contributed by atoms with Crippen molar-refractivity contribution in [2.24, 2.45) is 0 Å². The third kappa shape index (κ3) is 2.52. The number of fused-ring (bicyclic) bond motifs is 1. The van der Waals surface area contributed by atoms with Crippen molar-refractivity contribution in [1.82, 2.24) is 10.2 Å². The quantitative estimate of drug-likeness (QED) is 0.625. The highest BCUT2D eigenvalue weighted by Crippen LogP contribution is 2.39. The Morgan fingerprint density at radius 3 is 2.71 bits per heavy atom. The molecule has 2 nitrogen and oxygen atoms in total. The molecule has 1 atom stereocenters. The van der Waals surface area contributed by atoms with Crippen LogP contribution in [0.2, 0.25) is 0 Å². The molecule has 1 aliphatic carbocycles. The van der Waals surface area contributed by atoms with Crippen molar-refractivity contribution in [3.05, 3.63) is 57.4 Å². The molecule has 1 aliphatic rings. The number of aromatic nitrogens is 2.